The Bertz CT molecular complexity index is 4740. The molecular weight excluding hydrogens is 1590 g/mol. The SMILES string of the molecule is CO[C@H]1O[C@H](COCc2ccccc2)[C@@H](O[C@@H]2O[C@H](C(=O)OC(C)(C)C)[C@@H](O[C@H]3O[C@H](COCc4ccccc4)[C@@H](O[C@@H]4O[C@H](C(=O)OC(C)(C)C)[C@@H](OCc5ccccc5)[C@H](OCc5ccccc5)[C@H]4OC(=O)c4ccccc4)[C@H](OCc4ccccc4)[C@H]3N)[C@H](OCc3ccccc3)[C@H]2OC(=O)c2ccccc2)[C@H](OCc2ccccc2)[C@H]1NC(C)=O. The standard InChI is InChI=1S/C98H110N2O24/c1-63(101)100-76-80(110-57-67-42-24-12-25-43-67)78(74(115-94(76)106-8)62-108-55-65-38-20-10-21-39-65)119-96-88(117-90(103)72-52-34-17-35-53-72)83(113-60-70-48-30-15-31-49-70)84(86(122-96)92(105)124-98(5,6)7)120-93-75(99)79(109-56-66-40-22-11-23-41-66)77(73(114-93)61-107-54-64-36-18-9-19-37-64)118-95-87(116-89(102)71-50-32-16-33-51-71)82(112-59-69-46-28-14-29-47-69)81(111-58-68-44-26-13-27-45-68)85(121-95)91(104)123-97(2,3)4/h9-53,73-88,93-96H,54-62,99H2,1-8H3,(H,100,101)/t73-,74-,75-,76-,77-,78-,79-,80-,81+,82+,83+,84+,85+,86+,87-,88-,93-,94+,95-,96-/m1/s1. The Morgan fingerprint density at radius 3 is 0.968 bits per heavy atom. The van der Waals surface area contributed by atoms with Gasteiger partial charge in [-0.2, -0.15) is 0 Å². The van der Waals surface area contributed by atoms with Gasteiger partial charge in [0.2, 0.25) is 5.91 Å². The lowest BCUT2D eigenvalue weighted by atomic mass is 9.93. The molecule has 4 saturated heterocycles. The molecule has 4 heterocycles. The maximum absolute atomic E-state index is 16.0. The number of amides is 1. The molecule has 26 heteroatoms. The van der Waals surface area contributed by atoms with Crippen LogP contribution in [0.25, 0.3) is 0 Å². The Balaban J connectivity index is 0.952. The summed E-state index contributed by atoms with van der Waals surface area (Å²) in [5, 5.41) is 3.00. The lowest BCUT2D eigenvalue weighted by Gasteiger charge is -2.51. The molecule has 13 rings (SSSR count). The first-order valence-electron chi connectivity index (χ1n) is 41.7. The van der Waals surface area contributed by atoms with Crippen LogP contribution in [0.3, 0.4) is 0 Å². The quantitative estimate of drug-likeness (QED) is 0.0270. The molecule has 0 bridgehead atoms. The number of carbonyl (C=O) groups is 5. The number of rotatable bonds is 37. The number of carbonyl (C=O) groups excluding carboxylic acids is 5. The molecule has 4 fully saturated rings. The van der Waals surface area contributed by atoms with Crippen LogP contribution in [0.2, 0.25) is 0 Å². The lowest BCUT2D eigenvalue weighted by Crippen LogP contribution is -2.71. The number of nitrogens with two attached hydrogens (primary N) is 1. The van der Waals surface area contributed by atoms with E-state index in [1.807, 2.05) is 212 Å². The molecule has 9 aromatic rings. The fraction of sp³-hybridized carbons (Fsp3) is 0.398. The monoisotopic (exact) mass is 1700 g/mol. The molecule has 656 valence electrons. The summed E-state index contributed by atoms with van der Waals surface area (Å²) < 4.78 is 132. The van der Waals surface area contributed by atoms with Crippen molar-refractivity contribution in [3.8, 4) is 0 Å². The summed E-state index contributed by atoms with van der Waals surface area (Å²) in [4.78, 5) is 75.5. The number of methoxy groups -OCH3 is 1. The highest BCUT2D eigenvalue weighted by molar-refractivity contribution is 5.90. The number of ether oxygens (including phenoxy) is 19. The summed E-state index contributed by atoms with van der Waals surface area (Å²) in [5.41, 5.74) is 10.9. The fourth-order valence-corrected chi connectivity index (χ4v) is 15.0. The summed E-state index contributed by atoms with van der Waals surface area (Å²) in [6, 6.07) is 79.1. The van der Waals surface area contributed by atoms with Crippen LogP contribution in [0.15, 0.2) is 273 Å². The van der Waals surface area contributed by atoms with Gasteiger partial charge in [-0.1, -0.05) is 249 Å². The van der Waals surface area contributed by atoms with Crippen molar-refractivity contribution in [3.05, 3.63) is 323 Å². The average Bonchev–Trinajstić information content (AvgIpc) is 0.756. The first-order valence-corrected chi connectivity index (χ1v) is 41.7. The molecule has 4 aliphatic rings. The van der Waals surface area contributed by atoms with Gasteiger partial charge in [-0.3, -0.25) is 4.79 Å². The molecule has 4 aliphatic heterocycles. The summed E-state index contributed by atoms with van der Waals surface area (Å²) in [6.07, 6.45) is -28.0. The summed E-state index contributed by atoms with van der Waals surface area (Å²) in [7, 11) is 1.43. The smallest absolute Gasteiger partial charge is 0.338 e. The van der Waals surface area contributed by atoms with Crippen molar-refractivity contribution in [3.63, 3.8) is 0 Å². The molecule has 0 saturated carbocycles. The number of nitrogens with one attached hydrogen (secondary N) is 1. The summed E-state index contributed by atoms with van der Waals surface area (Å²) >= 11 is 0. The van der Waals surface area contributed by atoms with Crippen LogP contribution in [0.5, 0.6) is 0 Å². The Morgan fingerprint density at radius 1 is 0.331 bits per heavy atom. The van der Waals surface area contributed by atoms with Crippen molar-refractivity contribution in [2.45, 2.75) is 229 Å². The van der Waals surface area contributed by atoms with E-state index < -0.39 is 164 Å². The number of benzene rings is 9. The van der Waals surface area contributed by atoms with Crippen LogP contribution in [-0.4, -0.2) is 184 Å². The van der Waals surface area contributed by atoms with Gasteiger partial charge in [-0.05, 0) is 105 Å². The molecule has 0 aliphatic carbocycles. The zero-order valence-electron chi connectivity index (χ0n) is 70.8. The van der Waals surface area contributed by atoms with Crippen LogP contribution >= 0.6 is 0 Å². The molecule has 1 amide bonds. The maximum atomic E-state index is 16.0. The molecule has 0 spiro atoms. The topological polar surface area (TPSA) is 299 Å². The first kappa shape index (κ1) is 91.4. The van der Waals surface area contributed by atoms with E-state index in [0.29, 0.717) is 11.1 Å². The first-order chi connectivity index (χ1) is 60.1. The van der Waals surface area contributed by atoms with E-state index >= 15 is 19.2 Å². The van der Waals surface area contributed by atoms with Gasteiger partial charge in [-0.25, -0.2) is 19.2 Å². The van der Waals surface area contributed by atoms with Gasteiger partial charge in [0.25, 0.3) is 0 Å². The zero-order valence-corrected chi connectivity index (χ0v) is 70.8. The number of hydrogen-bond donors (Lipinski definition) is 2. The van der Waals surface area contributed by atoms with Gasteiger partial charge < -0.3 is 101 Å². The van der Waals surface area contributed by atoms with Crippen LogP contribution in [0.4, 0.5) is 0 Å². The Morgan fingerprint density at radius 2 is 0.621 bits per heavy atom. The molecule has 124 heavy (non-hydrogen) atoms. The summed E-state index contributed by atoms with van der Waals surface area (Å²) in [5.74, 6) is -4.05. The highest BCUT2D eigenvalue weighted by atomic mass is 16.8. The molecule has 0 aromatic heterocycles. The third-order valence-electron chi connectivity index (χ3n) is 20.8. The third kappa shape index (κ3) is 25.7. The molecule has 0 unspecified atom stereocenters. The fourth-order valence-electron chi connectivity index (χ4n) is 15.0. The minimum absolute atomic E-state index is 0.0125. The highest BCUT2D eigenvalue weighted by Crippen LogP contribution is 2.41. The van der Waals surface area contributed by atoms with Gasteiger partial charge in [0.05, 0.1) is 76.6 Å². The zero-order chi connectivity index (χ0) is 87.0. The lowest BCUT2D eigenvalue weighted by molar-refractivity contribution is -0.378. The normalized spacial score (nSPS) is 26.5. The minimum atomic E-state index is -1.94. The van der Waals surface area contributed by atoms with E-state index in [0.717, 1.165) is 27.8 Å². The summed E-state index contributed by atoms with van der Waals surface area (Å²) in [6.45, 7) is 10.5. The van der Waals surface area contributed by atoms with Crippen LogP contribution in [-0.2, 0) is 151 Å². The molecule has 20 atom stereocenters. The van der Waals surface area contributed by atoms with Crippen LogP contribution < -0.4 is 11.1 Å². The Labute approximate surface area is 723 Å². The average molecular weight is 1700 g/mol. The largest absolute Gasteiger partial charge is 0.458 e. The van der Waals surface area contributed by atoms with Crippen molar-refractivity contribution >= 4 is 29.8 Å². The molecule has 0 radical (unpaired) electrons. The number of hydrogen-bond acceptors (Lipinski definition) is 25. The predicted octanol–water partition coefficient (Wildman–Crippen LogP) is 13.0. The Hall–Kier alpha value is -10.3. The highest BCUT2D eigenvalue weighted by Gasteiger charge is 2.61. The predicted molar refractivity (Wildman–Crippen MR) is 452 cm³/mol. The second kappa shape index (κ2) is 44.5. The molecule has 26 nitrogen and oxygen atoms in total. The molecular formula is C98H110N2O24. The maximum Gasteiger partial charge on any atom is 0.338 e. The second-order valence-corrected chi connectivity index (χ2v) is 32.6. The van der Waals surface area contributed by atoms with Gasteiger partial charge in [0.1, 0.15) is 78.3 Å². The number of esters is 4. The van der Waals surface area contributed by atoms with E-state index in [9.17, 15) is 4.79 Å². The van der Waals surface area contributed by atoms with Gasteiger partial charge in [-0.15, -0.1) is 0 Å². The van der Waals surface area contributed by atoms with Gasteiger partial charge >= 0.3 is 23.9 Å². The van der Waals surface area contributed by atoms with Crippen molar-refractivity contribution in [1.82, 2.24) is 5.32 Å². The molecule has 3 N–H and O–H groups in total. The van der Waals surface area contributed by atoms with E-state index in [1.165, 1.54) is 14.0 Å². The van der Waals surface area contributed by atoms with E-state index in [1.54, 1.807) is 102 Å². The van der Waals surface area contributed by atoms with E-state index in [4.69, 9.17) is 95.7 Å². The Kier molecular flexibility index (Phi) is 32.8. The molecule has 9 aromatic carbocycles. The van der Waals surface area contributed by atoms with Crippen LogP contribution in [0.1, 0.15) is 108 Å². The van der Waals surface area contributed by atoms with Crippen molar-refractivity contribution < 1.29 is 114 Å². The van der Waals surface area contributed by atoms with E-state index in [-0.39, 0.29) is 70.6 Å². The van der Waals surface area contributed by atoms with Crippen LogP contribution in [0, 0.1) is 0 Å². The van der Waals surface area contributed by atoms with Crippen molar-refractivity contribution in [2.75, 3.05) is 20.3 Å². The van der Waals surface area contributed by atoms with Crippen molar-refractivity contribution in [1.29, 1.82) is 0 Å². The minimum Gasteiger partial charge on any atom is -0.458 e. The van der Waals surface area contributed by atoms with Crippen molar-refractivity contribution in [2.24, 2.45) is 5.73 Å². The second-order valence-electron chi connectivity index (χ2n) is 32.6. The van der Waals surface area contributed by atoms with Gasteiger partial charge in [0.15, 0.2) is 49.6 Å². The third-order valence-corrected chi connectivity index (χ3v) is 20.8. The van der Waals surface area contributed by atoms with E-state index in [2.05, 4.69) is 5.32 Å². The van der Waals surface area contributed by atoms with Gasteiger partial charge in [0, 0.05) is 14.0 Å².